The second-order valence-corrected chi connectivity index (χ2v) is 4.54. The van der Waals surface area contributed by atoms with Gasteiger partial charge in [0.1, 0.15) is 0 Å². The fourth-order valence-electron chi connectivity index (χ4n) is 0.868. The average Bonchev–Trinajstić information content (AvgIpc) is 2.18. The van der Waals surface area contributed by atoms with Gasteiger partial charge in [-0.2, -0.15) is 0 Å². The van der Waals surface area contributed by atoms with Crippen LogP contribution in [0.15, 0.2) is 0 Å². The van der Waals surface area contributed by atoms with E-state index in [4.69, 9.17) is 4.52 Å². The van der Waals surface area contributed by atoms with E-state index in [1.807, 2.05) is 20.8 Å². The third-order valence-electron chi connectivity index (χ3n) is 1.61. The van der Waals surface area contributed by atoms with E-state index >= 15 is 0 Å². The lowest BCUT2D eigenvalue weighted by atomic mass is 10.2. The number of hydrogen-bond donors (Lipinski definition) is 1. The maximum absolute atomic E-state index is 9.39. The van der Waals surface area contributed by atoms with Crippen LogP contribution < -0.4 is 0 Å². The van der Waals surface area contributed by atoms with Gasteiger partial charge in [-0.15, -0.1) is 20.4 Å². The molecule has 1 unspecified atom stereocenters. The molecule has 0 bridgehead atoms. The van der Waals surface area contributed by atoms with E-state index in [0.29, 0.717) is 18.3 Å². The molecule has 1 heterocycles. The highest BCUT2D eigenvalue weighted by molar-refractivity contribution is 7.45. The van der Waals surface area contributed by atoms with E-state index in [1.165, 1.54) is 0 Å². The predicted octanol–water partition coefficient (Wildman–Crippen LogP) is 1.23. The van der Waals surface area contributed by atoms with Gasteiger partial charge in [-0.3, -0.25) is 0 Å². The fourth-order valence-corrected chi connectivity index (χ4v) is 1.63. The molecule has 1 rings (SSSR count). The van der Waals surface area contributed by atoms with Crippen LogP contribution in [0.4, 0.5) is 0 Å². The SMILES string of the molecule is CCOP(O)Cc1nnc(C(C)C)nn1. The number of nitrogens with zero attached hydrogens (tertiary/aromatic N) is 4. The van der Waals surface area contributed by atoms with E-state index in [1.54, 1.807) is 0 Å². The van der Waals surface area contributed by atoms with Gasteiger partial charge in [0.25, 0.3) is 0 Å². The van der Waals surface area contributed by atoms with Gasteiger partial charge < -0.3 is 9.42 Å². The first-order chi connectivity index (χ1) is 7.13. The van der Waals surface area contributed by atoms with Crippen LogP contribution in [0.2, 0.25) is 0 Å². The topological polar surface area (TPSA) is 81.0 Å². The summed E-state index contributed by atoms with van der Waals surface area (Å²) in [6.07, 6.45) is 0.279. The fraction of sp³-hybridized carbons (Fsp3) is 0.750. The molecule has 0 fully saturated rings. The molecular weight excluding hydrogens is 215 g/mol. The average molecular weight is 230 g/mol. The first-order valence-electron chi connectivity index (χ1n) is 4.79. The quantitative estimate of drug-likeness (QED) is 0.766. The predicted molar refractivity (Wildman–Crippen MR) is 56.2 cm³/mol. The summed E-state index contributed by atoms with van der Waals surface area (Å²) in [4.78, 5) is 9.39. The van der Waals surface area contributed by atoms with E-state index in [0.717, 1.165) is 0 Å². The van der Waals surface area contributed by atoms with Crippen molar-refractivity contribution in [2.24, 2.45) is 0 Å². The summed E-state index contributed by atoms with van der Waals surface area (Å²) in [5.41, 5.74) is 0. The molecule has 0 aromatic carbocycles. The Balaban J connectivity index is 2.56. The molecule has 0 radical (unpaired) electrons. The smallest absolute Gasteiger partial charge is 0.182 e. The first-order valence-corrected chi connectivity index (χ1v) is 6.18. The molecule has 15 heavy (non-hydrogen) atoms. The van der Waals surface area contributed by atoms with E-state index in [9.17, 15) is 4.89 Å². The highest BCUT2D eigenvalue weighted by atomic mass is 31.2. The molecule has 0 amide bonds. The number of hydrogen-bond acceptors (Lipinski definition) is 6. The van der Waals surface area contributed by atoms with Crippen molar-refractivity contribution < 1.29 is 9.42 Å². The third kappa shape index (κ3) is 4.11. The Hall–Kier alpha value is -0.710. The van der Waals surface area contributed by atoms with Crippen LogP contribution in [-0.2, 0) is 10.7 Å². The molecule has 7 heteroatoms. The van der Waals surface area contributed by atoms with E-state index in [-0.39, 0.29) is 12.1 Å². The molecular formula is C8H15N4O2P. The minimum Gasteiger partial charge on any atom is -0.350 e. The summed E-state index contributed by atoms with van der Waals surface area (Å²) in [6, 6.07) is 0. The Morgan fingerprint density at radius 2 is 1.87 bits per heavy atom. The molecule has 1 atom stereocenters. The zero-order valence-corrected chi connectivity index (χ0v) is 9.98. The molecule has 1 aromatic heterocycles. The Kier molecular flexibility index (Phi) is 4.94. The highest BCUT2D eigenvalue weighted by Gasteiger charge is 2.10. The van der Waals surface area contributed by atoms with Gasteiger partial charge in [-0.05, 0) is 6.92 Å². The second kappa shape index (κ2) is 6.00. The van der Waals surface area contributed by atoms with Gasteiger partial charge in [-0.25, -0.2) is 0 Å². The lowest BCUT2D eigenvalue weighted by Gasteiger charge is -2.07. The second-order valence-electron chi connectivity index (χ2n) is 3.26. The highest BCUT2D eigenvalue weighted by Crippen LogP contribution is 2.34. The van der Waals surface area contributed by atoms with Crippen molar-refractivity contribution in [3.63, 3.8) is 0 Å². The van der Waals surface area contributed by atoms with Crippen LogP contribution >= 0.6 is 8.38 Å². The molecule has 0 saturated carbocycles. The summed E-state index contributed by atoms with van der Waals surface area (Å²) >= 11 is 0. The Bertz CT molecular complexity index is 293. The van der Waals surface area contributed by atoms with E-state index in [2.05, 4.69) is 20.4 Å². The molecule has 1 aromatic rings. The van der Waals surface area contributed by atoms with Gasteiger partial charge in [0, 0.05) is 5.92 Å². The van der Waals surface area contributed by atoms with Crippen molar-refractivity contribution in [1.29, 1.82) is 0 Å². The van der Waals surface area contributed by atoms with Gasteiger partial charge in [-0.1, -0.05) is 13.8 Å². The van der Waals surface area contributed by atoms with Crippen molar-refractivity contribution in [2.45, 2.75) is 32.9 Å². The maximum atomic E-state index is 9.39. The zero-order chi connectivity index (χ0) is 11.3. The van der Waals surface area contributed by atoms with Crippen LogP contribution in [0, 0.1) is 0 Å². The van der Waals surface area contributed by atoms with Crippen molar-refractivity contribution in [3.05, 3.63) is 11.6 Å². The minimum atomic E-state index is -1.49. The van der Waals surface area contributed by atoms with Crippen molar-refractivity contribution in [1.82, 2.24) is 20.4 Å². The lowest BCUT2D eigenvalue weighted by molar-refractivity contribution is 0.327. The number of aromatic nitrogens is 4. The normalized spacial score (nSPS) is 13.1. The molecule has 0 spiro atoms. The Morgan fingerprint density at radius 1 is 1.27 bits per heavy atom. The molecule has 0 aliphatic rings. The van der Waals surface area contributed by atoms with Crippen molar-refractivity contribution >= 4 is 8.38 Å². The summed E-state index contributed by atoms with van der Waals surface area (Å²) < 4.78 is 5.01. The molecule has 6 nitrogen and oxygen atoms in total. The van der Waals surface area contributed by atoms with Crippen molar-refractivity contribution in [3.8, 4) is 0 Å². The standard InChI is InChI=1S/C8H15N4O2P/c1-4-14-15(13)5-7-9-11-8(6(2)3)12-10-7/h6,13H,4-5H2,1-3H3. The van der Waals surface area contributed by atoms with Gasteiger partial charge in [0.15, 0.2) is 20.0 Å². The monoisotopic (exact) mass is 230 g/mol. The summed E-state index contributed by atoms with van der Waals surface area (Å²) in [5, 5.41) is 15.6. The number of rotatable bonds is 5. The Morgan fingerprint density at radius 3 is 2.33 bits per heavy atom. The molecule has 0 saturated heterocycles. The van der Waals surface area contributed by atoms with Crippen molar-refractivity contribution in [2.75, 3.05) is 6.61 Å². The third-order valence-corrected chi connectivity index (χ3v) is 2.72. The van der Waals surface area contributed by atoms with Crippen LogP contribution in [0.3, 0.4) is 0 Å². The summed E-state index contributed by atoms with van der Waals surface area (Å²) in [6.45, 7) is 6.24. The summed E-state index contributed by atoms with van der Waals surface area (Å²) in [5.74, 6) is 1.24. The molecule has 1 N–H and O–H groups in total. The largest absolute Gasteiger partial charge is 0.350 e. The van der Waals surface area contributed by atoms with Gasteiger partial charge in [0.2, 0.25) is 0 Å². The van der Waals surface area contributed by atoms with Crippen LogP contribution in [0.25, 0.3) is 0 Å². The maximum Gasteiger partial charge on any atom is 0.182 e. The van der Waals surface area contributed by atoms with Gasteiger partial charge >= 0.3 is 0 Å². The Labute approximate surface area is 90.0 Å². The van der Waals surface area contributed by atoms with E-state index < -0.39 is 8.38 Å². The van der Waals surface area contributed by atoms with Crippen LogP contribution in [0.1, 0.15) is 38.3 Å². The lowest BCUT2D eigenvalue weighted by Crippen LogP contribution is -2.06. The molecule has 84 valence electrons. The zero-order valence-electron chi connectivity index (χ0n) is 9.08. The first kappa shape index (κ1) is 12.4. The van der Waals surface area contributed by atoms with Crippen LogP contribution in [-0.4, -0.2) is 31.9 Å². The summed E-state index contributed by atoms with van der Waals surface area (Å²) in [7, 11) is -1.49. The van der Waals surface area contributed by atoms with Gasteiger partial charge in [0.05, 0.1) is 12.8 Å². The molecule has 0 aliphatic heterocycles. The van der Waals surface area contributed by atoms with Crippen LogP contribution in [0.5, 0.6) is 0 Å². The minimum absolute atomic E-state index is 0.210. The molecule has 0 aliphatic carbocycles.